The molecule has 0 saturated heterocycles. The molecule has 4 aromatic rings. The first-order valence-corrected chi connectivity index (χ1v) is 9.11. The summed E-state index contributed by atoms with van der Waals surface area (Å²) < 4.78 is 16.0. The summed E-state index contributed by atoms with van der Waals surface area (Å²) >= 11 is 0. The maximum absolute atomic E-state index is 13.3. The fourth-order valence-electron chi connectivity index (χ4n) is 3.16. The molecule has 0 aliphatic rings. The maximum Gasteiger partial charge on any atom is 0.349 e. The normalized spacial score (nSPS) is 10.8. The van der Waals surface area contributed by atoms with E-state index in [4.69, 9.17) is 13.6 Å². The number of fused-ring (bicyclic) bond motifs is 1. The number of para-hydroxylation sites is 1. The summed E-state index contributed by atoms with van der Waals surface area (Å²) in [5.41, 5.74) is 0.635. The largest absolute Gasteiger partial charge is 0.497 e. The van der Waals surface area contributed by atoms with E-state index in [-0.39, 0.29) is 18.7 Å². The van der Waals surface area contributed by atoms with Crippen molar-refractivity contribution in [3.05, 3.63) is 100 Å². The summed E-state index contributed by atoms with van der Waals surface area (Å²) in [7, 11) is 1.59. The van der Waals surface area contributed by atoms with E-state index >= 15 is 0 Å². The Morgan fingerprint density at radius 2 is 1.86 bits per heavy atom. The Morgan fingerprint density at radius 3 is 2.66 bits per heavy atom. The van der Waals surface area contributed by atoms with Crippen LogP contribution in [0, 0.1) is 0 Å². The molecular formula is C23H19NO5. The molecular weight excluding hydrogens is 370 g/mol. The van der Waals surface area contributed by atoms with Gasteiger partial charge in [0.15, 0.2) is 0 Å². The molecule has 0 bridgehead atoms. The minimum atomic E-state index is -0.663. The van der Waals surface area contributed by atoms with Crippen LogP contribution < -0.4 is 10.4 Å². The van der Waals surface area contributed by atoms with Crippen molar-refractivity contribution in [2.24, 2.45) is 0 Å². The maximum atomic E-state index is 13.3. The highest BCUT2D eigenvalue weighted by molar-refractivity contribution is 5.96. The Balaban J connectivity index is 1.70. The van der Waals surface area contributed by atoms with Crippen LogP contribution in [-0.2, 0) is 13.1 Å². The zero-order chi connectivity index (χ0) is 20.2. The molecule has 29 heavy (non-hydrogen) atoms. The Bertz CT molecular complexity index is 1190. The van der Waals surface area contributed by atoms with Crippen LogP contribution in [-0.4, -0.2) is 17.9 Å². The van der Waals surface area contributed by atoms with E-state index in [0.717, 1.165) is 5.56 Å². The molecule has 0 aliphatic heterocycles. The smallest absolute Gasteiger partial charge is 0.349 e. The van der Waals surface area contributed by atoms with E-state index in [0.29, 0.717) is 22.5 Å². The third-order valence-electron chi connectivity index (χ3n) is 4.59. The lowest BCUT2D eigenvalue weighted by atomic mass is 10.1. The average molecular weight is 389 g/mol. The average Bonchev–Trinajstić information content (AvgIpc) is 3.25. The number of nitrogens with zero attached hydrogens (tertiary/aromatic N) is 1. The Hall–Kier alpha value is -3.80. The van der Waals surface area contributed by atoms with Gasteiger partial charge in [0.1, 0.15) is 22.7 Å². The van der Waals surface area contributed by atoms with Crippen molar-refractivity contribution >= 4 is 16.9 Å². The second kappa shape index (κ2) is 8.06. The van der Waals surface area contributed by atoms with E-state index in [1.807, 2.05) is 30.3 Å². The van der Waals surface area contributed by atoms with Crippen molar-refractivity contribution < 1.29 is 18.4 Å². The van der Waals surface area contributed by atoms with Gasteiger partial charge >= 0.3 is 5.63 Å². The minimum Gasteiger partial charge on any atom is -0.497 e. The Morgan fingerprint density at radius 1 is 1.00 bits per heavy atom. The summed E-state index contributed by atoms with van der Waals surface area (Å²) in [6.07, 6.45) is 1.55. The lowest BCUT2D eigenvalue weighted by Gasteiger charge is -2.22. The molecule has 0 unspecified atom stereocenters. The van der Waals surface area contributed by atoms with Gasteiger partial charge in [0.2, 0.25) is 0 Å². The molecule has 4 rings (SSSR count). The first-order chi connectivity index (χ1) is 14.1. The van der Waals surface area contributed by atoms with Gasteiger partial charge in [-0.1, -0.05) is 30.3 Å². The van der Waals surface area contributed by atoms with Crippen molar-refractivity contribution in [1.29, 1.82) is 0 Å². The molecule has 6 nitrogen and oxygen atoms in total. The molecule has 2 aromatic heterocycles. The number of benzene rings is 2. The van der Waals surface area contributed by atoms with Crippen LogP contribution in [0.25, 0.3) is 11.0 Å². The van der Waals surface area contributed by atoms with Gasteiger partial charge in [-0.15, -0.1) is 0 Å². The van der Waals surface area contributed by atoms with Gasteiger partial charge in [0.25, 0.3) is 5.91 Å². The van der Waals surface area contributed by atoms with Gasteiger partial charge < -0.3 is 18.5 Å². The fraction of sp³-hybridized carbons (Fsp3) is 0.130. The van der Waals surface area contributed by atoms with Gasteiger partial charge in [-0.3, -0.25) is 4.79 Å². The number of methoxy groups -OCH3 is 1. The molecule has 0 atom stereocenters. The highest BCUT2D eigenvalue weighted by Gasteiger charge is 2.22. The number of carbonyl (C=O) groups is 1. The molecule has 6 heteroatoms. The van der Waals surface area contributed by atoms with Crippen molar-refractivity contribution in [2.75, 3.05) is 7.11 Å². The number of ether oxygens (including phenoxy) is 1. The fourth-order valence-corrected chi connectivity index (χ4v) is 3.16. The summed E-state index contributed by atoms with van der Waals surface area (Å²) in [4.78, 5) is 27.3. The number of hydrogen-bond acceptors (Lipinski definition) is 5. The number of rotatable bonds is 6. The molecule has 0 N–H and O–H groups in total. The van der Waals surface area contributed by atoms with E-state index < -0.39 is 11.5 Å². The highest BCUT2D eigenvalue weighted by Crippen LogP contribution is 2.19. The van der Waals surface area contributed by atoms with Crippen LogP contribution in [0.15, 0.2) is 86.6 Å². The van der Waals surface area contributed by atoms with Gasteiger partial charge in [-0.25, -0.2) is 4.79 Å². The van der Waals surface area contributed by atoms with Crippen LogP contribution >= 0.6 is 0 Å². The first-order valence-electron chi connectivity index (χ1n) is 9.11. The monoisotopic (exact) mass is 389 g/mol. The molecule has 2 heterocycles. The molecule has 0 aliphatic carbocycles. The van der Waals surface area contributed by atoms with Crippen LogP contribution in [0.4, 0.5) is 0 Å². The van der Waals surface area contributed by atoms with Gasteiger partial charge in [0, 0.05) is 11.9 Å². The van der Waals surface area contributed by atoms with E-state index in [2.05, 4.69) is 0 Å². The standard InChI is InChI=1S/C23H19NO5/c1-27-18-8-4-6-16(12-18)14-24(15-19-9-5-11-28-19)22(25)20-13-17-7-2-3-10-21(17)29-23(20)26/h2-13H,14-15H2,1H3. The SMILES string of the molecule is COc1cccc(CN(Cc2ccco2)C(=O)c2cc3ccccc3oc2=O)c1. The van der Waals surface area contributed by atoms with Crippen molar-refractivity contribution in [2.45, 2.75) is 13.1 Å². The zero-order valence-corrected chi connectivity index (χ0v) is 15.8. The van der Waals surface area contributed by atoms with Gasteiger partial charge in [0.05, 0.1) is 19.9 Å². The highest BCUT2D eigenvalue weighted by atomic mass is 16.5. The number of hydrogen-bond donors (Lipinski definition) is 0. The third-order valence-corrected chi connectivity index (χ3v) is 4.59. The van der Waals surface area contributed by atoms with Crippen molar-refractivity contribution in [1.82, 2.24) is 4.90 Å². The Kier molecular flexibility index (Phi) is 5.16. The topological polar surface area (TPSA) is 72.9 Å². The quantitative estimate of drug-likeness (QED) is 0.461. The van der Waals surface area contributed by atoms with Crippen LogP contribution in [0.3, 0.4) is 0 Å². The molecule has 146 valence electrons. The number of furan rings is 1. The van der Waals surface area contributed by atoms with Crippen molar-refractivity contribution in [3.8, 4) is 5.75 Å². The van der Waals surface area contributed by atoms with E-state index in [1.54, 1.807) is 54.7 Å². The number of amides is 1. The van der Waals surface area contributed by atoms with Crippen LogP contribution in [0.5, 0.6) is 5.75 Å². The summed E-state index contributed by atoms with van der Waals surface area (Å²) in [6, 6.07) is 19.7. The predicted octanol–water partition coefficient (Wildman–Crippen LogP) is 4.24. The molecule has 2 aromatic carbocycles. The lowest BCUT2D eigenvalue weighted by molar-refractivity contribution is 0.0713. The van der Waals surface area contributed by atoms with Crippen LogP contribution in [0.2, 0.25) is 0 Å². The summed E-state index contributed by atoms with van der Waals surface area (Å²) in [6.45, 7) is 0.498. The van der Waals surface area contributed by atoms with Crippen LogP contribution in [0.1, 0.15) is 21.7 Å². The Labute approximate surface area is 166 Å². The molecule has 0 spiro atoms. The molecule has 0 fully saturated rings. The molecule has 1 amide bonds. The molecule has 0 saturated carbocycles. The summed E-state index contributed by atoms with van der Waals surface area (Å²) in [5, 5.41) is 0.690. The predicted molar refractivity (Wildman–Crippen MR) is 108 cm³/mol. The van der Waals surface area contributed by atoms with Gasteiger partial charge in [-0.2, -0.15) is 0 Å². The third kappa shape index (κ3) is 4.06. The number of carbonyl (C=O) groups excluding carboxylic acids is 1. The second-order valence-electron chi connectivity index (χ2n) is 6.58. The van der Waals surface area contributed by atoms with Gasteiger partial charge in [-0.05, 0) is 42.0 Å². The first kappa shape index (κ1) is 18.6. The minimum absolute atomic E-state index is 0.0156. The zero-order valence-electron chi connectivity index (χ0n) is 15.8. The van der Waals surface area contributed by atoms with Crippen molar-refractivity contribution in [3.63, 3.8) is 0 Å². The second-order valence-corrected chi connectivity index (χ2v) is 6.58. The van der Waals surface area contributed by atoms with E-state index in [9.17, 15) is 9.59 Å². The molecule has 0 radical (unpaired) electrons. The van der Waals surface area contributed by atoms with E-state index in [1.165, 1.54) is 0 Å². The summed E-state index contributed by atoms with van der Waals surface area (Å²) in [5.74, 6) is 0.883. The lowest BCUT2D eigenvalue weighted by Crippen LogP contribution is -2.33.